The molecule has 1 amide bonds. The van der Waals surface area contributed by atoms with Crippen LogP contribution in [0.5, 0.6) is 11.5 Å². The quantitative estimate of drug-likeness (QED) is 0.726. The fourth-order valence-corrected chi connectivity index (χ4v) is 2.95. The Morgan fingerprint density at radius 2 is 2.00 bits per heavy atom. The highest BCUT2D eigenvalue weighted by atomic mass is 32.1. The van der Waals surface area contributed by atoms with E-state index in [0.717, 1.165) is 11.5 Å². The van der Waals surface area contributed by atoms with E-state index in [4.69, 9.17) is 10.5 Å². The first kappa shape index (κ1) is 16.9. The summed E-state index contributed by atoms with van der Waals surface area (Å²) in [5.41, 5.74) is 7.00. The summed E-state index contributed by atoms with van der Waals surface area (Å²) in [5, 5.41) is 3.01. The number of hydrogen-bond donors (Lipinski definition) is 2. The van der Waals surface area contributed by atoms with Crippen LogP contribution in [0.4, 0.5) is 9.39 Å². The van der Waals surface area contributed by atoms with Gasteiger partial charge in [-0.1, -0.05) is 24.3 Å². The Kier molecular flexibility index (Phi) is 4.95. The Balaban J connectivity index is 1.66. The number of nitrogen functional groups attached to an aromatic ring is 1. The predicted molar refractivity (Wildman–Crippen MR) is 95.3 cm³/mol. The fourth-order valence-electron chi connectivity index (χ4n) is 2.29. The second-order valence-electron chi connectivity index (χ2n) is 5.36. The number of anilines is 1. The molecule has 2 aromatic carbocycles. The van der Waals surface area contributed by atoms with Gasteiger partial charge in [0.1, 0.15) is 22.3 Å². The zero-order valence-corrected chi connectivity index (χ0v) is 14.3. The molecule has 7 heteroatoms. The number of halogens is 1. The number of carbonyl (C=O) groups is 1. The third kappa shape index (κ3) is 3.95. The Labute approximate surface area is 148 Å². The summed E-state index contributed by atoms with van der Waals surface area (Å²) in [5.74, 6) is 0.189. The fraction of sp³-hybridized carbons (Fsp3) is 0.111. The monoisotopic (exact) mass is 357 g/mol. The van der Waals surface area contributed by atoms with Crippen LogP contribution >= 0.6 is 11.5 Å². The number of benzene rings is 2. The molecule has 0 radical (unpaired) electrons. The number of aryl methyl sites for hydroxylation is 1. The highest BCUT2D eigenvalue weighted by Gasteiger charge is 2.16. The van der Waals surface area contributed by atoms with E-state index in [1.54, 1.807) is 31.2 Å². The van der Waals surface area contributed by atoms with Crippen molar-refractivity contribution in [2.45, 2.75) is 13.5 Å². The van der Waals surface area contributed by atoms with E-state index in [2.05, 4.69) is 9.69 Å². The van der Waals surface area contributed by atoms with Gasteiger partial charge in [-0.2, -0.15) is 4.37 Å². The minimum Gasteiger partial charge on any atom is -0.457 e. The third-order valence-corrected chi connectivity index (χ3v) is 4.32. The van der Waals surface area contributed by atoms with Gasteiger partial charge in [0, 0.05) is 18.2 Å². The first-order chi connectivity index (χ1) is 12.0. The van der Waals surface area contributed by atoms with Gasteiger partial charge in [-0.15, -0.1) is 0 Å². The van der Waals surface area contributed by atoms with Crippen molar-refractivity contribution >= 4 is 22.4 Å². The van der Waals surface area contributed by atoms with E-state index in [1.165, 1.54) is 6.07 Å². The molecule has 0 spiro atoms. The molecule has 0 aliphatic heterocycles. The summed E-state index contributed by atoms with van der Waals surface area (Å²) in [6.07, 6.45) is 0. The highest BCUT2D eigenvalue weighted by Crippen LogP contribution is 2.24. The lowest BCUT2D eigenvalue weighted by Gasteiger charge is -2.09. The highest BCUT2D eigenvalue weighted by molar-refractivity contribution is 7.10. The van der Waals surface area contributed by atoms with Crippen molar-refractivity contribution < 1.29 is 13.9 Å². The normalized spacial score (nSPS) is 10.5. The van der Waals surface area contributed by atoms with Crippen LogP contribution in [-0.4, -0.2) is 10.3 Å². The van der Waals surface area contributed by atoms with E-state index in [0.29, 0.717) is 33.3 Å². The van der Waals surface area contributed by atoms with Crippen LogP contribution in [0.1, 0.15) is 21.6 Å². The molecule has 3 N–H and O–H groups in total. The van der Waals surface area contributed by atoms with Crippen molar-refractivity contribution in [3.63, 3.8) is 0 Å². The van der Waals surface area contributed by atoms with E-state index >= 15 is 0 Å². The maximum absolute atomic E-state index is 14.2. The first-order valence-corrected chi connectivity index (χ1v) is 8.33. The van der Waals surface area contributed by atoms with Gasteiger partial charge >= 0.3 is 0 Å². The van der Waals surface area contributed by atoms with E-state index < -0.39 is 5.82 Å². The molecule has 128 valence electrons. The molecule has 3 aromatic rings. The zero-order chi connectivity index (χ0) is 17.8. The first-order valence-electron chi connectivity index (χ1n) is 7.56. The number of carbonyl (C=O) groups excluding carboxylic acids is 1. The van der Waals surface area contributed by atoms with Crippen LogP contribution in [0.2, 0.25) is 0 Å². The van der Waals surface area contributed by atoms with Crippen LogP contribution in [0.3, 0.4) is 0 Å². The lowest BCUT2D eigenvalue weighted by atomic mass is 10.2. The summed E-state index contributed by atoms with van der Waals surface area (Å²) in [7, 11) is 0. The van der Waals surface area contributed by atoms with Crippen molar-refractivity contribution in [3.8, 4) is 11.5 Å². The Bertz CT molecular complexity index is 877. The number of nitrogens with zero attached hydrogens (tertiary/aromatic N) is 1. The molecule has 0 aliphatic rings. The molecule has 0 saturated carbocycles. The summed E-state index contributed by atoms with van der Waals surface area (Å²) >= 11 is 1.06. The maximum atomic E-state index is 14.2. The van der Waals surface area contributed by atoms with Crippen LogP contribution in [0.15, 0.2) is 48.5 Å². The van der Waals surface area contributed by atoms with Crippen LogP contribution in [0, 0.1) is 12.7 Å². The lowest BCUT2D eigenvalue weighted by Crippen LogP contribution is -2.24. The minimum absolute atomic E-state index is 0.0466. The van der Waals surface area contributed by atoms with Gasteiger partial charge in [-0.25, -0.2) is 4.39 Å². The average molecular weight is 357 g/mol. The van der Waals surface area contributed by atoms with E-state index in [1.807, 2.05) is 18.2 Å². The zero-order valence-electron chi connectivity index (χ0n) is 13.5. The summed E-state index contributed by atoms with van der Waals surface area (Å²) in [6, 6.07) is 13.6. The largest absolute Gasteiger partial charge is 0.457 e. The summed E-state index contributed by atoms with van der Waals surface area (Å²) < 4.78 is 23.8. The number of amides is 1. The standard InChI is InChI=1S/C18H16FN3O2S/c1-11-16(17(20)25-22-11)18(23)21-10-12-7-8-14(9-15(12)19)24-13-5-3-2-4-6-13/h2-9H,10,20H2,1H3,(H,21,23). The molecule has 5 nitrogen and oxygen atoms in total. The molecular formula is C18H16FN3O2S. The Hall–Kier alpha value is -2.93. The number of para-hydroxylation sites is 1. The Morgan fingerprint density at radius 1 is 1.24 bits per heavy atom. The molecular weight excluding hydrogens is 341 g/mol. The van der Waals surface area contributed by atoms with Crippen molar-refractivity contribution in [1.29, 1.82) is 0 Å². The number of aromatic nitrogens is 1. The second-order valence-corrected chi connectivity index (χ2v) is 6.16. The molecule has 0 aliphatic carbocycles. The number of nitrogens with two attached hydrogens (primary N) is 1. The van der Waals surface area contributed by atoms with Crippen molar-refractivity contribution in [1.82, 2.24) is 9.69 Å². The van der Waals surface area contributed by atoms with Crippen molar-refractivity contribution in [3.05, 3.63) is 71.2 Å². The van der Waals surface area contributed by atoms with Crippen LogP contribution < -0.4 is 15.8 Å². The molecule has 1 aromatic heterocycles. The summed E-state index contributed by atoms with van der Waals surface area (Å²) in [6.45, 7) is 1.75. The topological polar surface area (TPSA) is 77.2 Å². The van der Waals surface area contributed by atoms with E-state index in [-0.39, 0.29) is 12.5 Å². The molecule has 0 saturated heterocycles. The third-order valence-electron chi connectivity index (χ3n) is 3.56. The van der Waals surface area contributed by atoms with Gasteiger partial charge < -0.3 is 15.8 Å². The van der Waals surface area contributed by atoms with Gasteiger partial charge in [0.05, 0.1) is 11.3 Å². The SMILES string of the molecule is Cc1nsc(N)c1C(=O)NCc1ccc(Oc2ccccc2)cc1F. The van der Waals surface area contributed by atoms with Gasteiger partial charge in [-0.3, -0.25) is 4.79 Å². The summed E-state index contributed by atoms with van der Waals surface area (Å²) in [4.78, 5) is 12.2. The van der Waals surface area contributed by atoms with Gasteiger partial charge in [0.15, 0.2) is 0 Å². The number of nitrogens with one attached hydrogen (secondary N) is 1. The number of ether oxygens (including phenoxy) is 1. The Morgan fingerprint density at radius 3 is 2.64 bits per heavy atom. The van der Waals surface area contributed by atoms with E-state index in [9.17, 15) is 9.18 Å². The molecule has 1 heterocycles. The maximum Gasteiger partial charge on any atom is 0.256 e. The predicted octanol–water partition coefficient (Wildman–Crippen LogP) is 3.90. The molecule has 0 fully saturated rings. The van der Waals surface area contributed by atoms with Crippen molar-refractivity contribution in [2.75, 3.05) is 5.73 Å². The van der Waals surface area contributed by atoms with Crippen LogP contribution in [0.25, 0.3) is 0 Å². The molecule has 3 rings (SSSR count). The number of hydrogen-bond acceptors (Lipinski definition) is 5. The smallest absolute Gasteiger partial charge is 0.256 e. The minimum atomic E-state index is -0.457. The van der Waals surface area contributed by atoms with Gasteiger partial charge in [-0.05, 0) is 36.7 Å². The molecule has 0 unspecified atom stereocenters. The van der Waals surface area contributed by atoms with Gasteiger partial charge in [0.2, 0.25) is 0 Å². The van der Waals surface area contributed by atoms with Gasteiger partial charge in [0.25, 0.3) is 5.91 Å². The number of rotatable bonds is 5. The molecule has 25 heavy (non-hydrogen) atoms. The second kappa shape index (κ2) is 7.31. The van der Waals surface area contributed by atoms with Crippen molar-refractivity contribution in [2.24, 2.45) is 0 Å². The molecule has 0 bridgehead atoms. The average Bonchev–Trinajstić information content (AvgIpc) is 2.93. The lowest BCUT2D eigenvalue weighted by molar-refractivity contribution is 0.0951. The molecule has 0 atom stereocenters. The van der Waals surface area contributed by atoms with Crippen LogP contribution in [-0.2, 0) is 6.54 Å².